The standard InChI is InChI=1S/C17H25NO4/c1-17(2,16(19)18(3)21-5)11-6-12-22-13-14-7-9-15(20-4)10-8-14/h6-11H,12-13H2,1-5H3. The van der Waals surface area contributed by atoms with Gasteiger partial charge in [-0.15, -0.1) is 0 Å². The number of nitrogens with zero attached hydrogens (tertiary/aromatic N) is 1. The Balaban J connectivity index is 2.40. The number of hydrogen-bond donors (Lipinski definition) is 0. The largest absolute Gasteiger partial charge is 0.497 e. The second kappa shape index (κ2) is 8.56. The van der Waals surface area contributed by atoms with Crippen molar-refractivity contribution in [2.45, 2.75) is 20.5 Å². The monoisotopic (exact) mass is 307 g/mol. The Kier molecular flexibility index (Phi) is 7.08. The van der Waals surface area contributed by atoms with Crippen molar-refractivity contribution < 1.29 is 19.1 Å². The Labute approximate surface area is 132 Å². The van der Waals surface area contributed by atoms with Gasteiger partial charge >= 0.3 is 0 Å². The number of benzene rings is 1. The summed E-state index contributed by atoms with van der Waals surface area (Å²) in [6.45, 7) is 4.63. The van der Waals surface area contributed by atoms with E-state index in [4.69, 9.17) is 14.3 Å². The summed E-state index contributed by atoms with van der Waals surface area (Å²) in [6, 6.07) is 7.72. The third kappa shape index (κ3) is 5.50. The maximum absolute atomic E-state index is 12.0. The number of carbonyl (C=O) groups is 1. The number of hydroxylamine groups is 2. The lowest BCUT2D eigenvalue weighted by Crippen LogP contribution is -2.36. The maximum atomic E-state index is 12.0. The van der Waals surface area contributed by atoms with Crippen LogP contribution in [0.2, 0.25) is 0 Å². The fraction of sp³-hybridized carbons (Fsp3) is 0.471. The normalized spacial score (nSPS) is 11.7. The number of methoxy groups -OCH3 is 1. The first-order valence-electron chi connectivity index (χ1n) is 7.11. The lowest BCUT2D eigenvalue weighted by Gasteiger charge is -2.24. The molecule has 0 unspecified atom stereocenters. The van der Waals surface area contributed by atoms with Crippen LogP contribution in [0, 0.1) is 5.41 Å². The van der Waals surface area contributed by atoms with Crippen LogP contribution < -0.4 is 4.74 Å². The summed E-state index contributed by atoms with van der Waals surface area (Å²) in [7, 11) is 4.70. The first-order valence-corrected chi connectivity index (χ1v) is 7.11. The van der Waals surface area contributed by atoms with Gasteiger partial charge in [0, 0.05) is 7.05 Å². The SMILES string of the molecule is COc1ccc(COCC=CC(C)(C)C(=O)N(C)OC)cc1. The van der Waals surface area contributed by atoms with Crippen molar-refractivity contribution in [2.75, 3.05) is 27.9 Å². The minimum absolute atomic E-state index is 0.110. The van der Waals surface area contributed by atoms with Gasteiger partial charge in [-0.1, -0.05) is 24.3 Å². The Morgan fingerprint density at radius 2 is 1.86 bits per heavy atom. The van der Waals surface area contributed by atoms with Gasteiger partial charge in [-0.2, -0.15) is 0 Å². The van der Waals surface area contributed by atoms with E-state index in [1.807, 2.05) is 50.3 Å². The van der Waals surface area contributed by atoms with Crippen molar-refractivity contribution >= 4 is 5.91 Å². The predicted molar refractivity (Wildman–Crippen MR) is 85.4 cm³/mol. The highest BCUT2D eigenvalue weighted by Gasteiger charge is 2.27. The summed E-state index contributed by atoms with van der Waals surface area (Å²) in [6.07, 6.45) is 3.68. The summed E-state index contributed by atoms with van der Waals surface area (Å²) in [5.74, 6) is 0.715. The molecule has 22 heavy (non-hydrogen) atoms. The summed E-state index contributed by atoms with van der Waals surface area (Å²) in [4.78, 5) is 16.9. The summed E-state index contributed by atoms with van der Waals surface area (Å²) >= 11 is 0. The number of rotatable bonds is 8. The zero-order valence-corrected chi connectivity index (χ0v) is 14.0. The van der Waals surface area contributed by atoms with E-state index in [1.54, 1.807) is 14.2 Å². The maximum Gasteiger partial charge on any atom is 0.255 e. The van der Waals surface area contributed by atoms with Crippen LogP contribution in [-0.2, 0) is 21.0 Å². The molecule has 122 valence electrons. The molecule has 1 aromatic rings. The molecule has 0 aliphatic heterocycles. The number of amides is 1. The number of carbonyl (C=O) groups excluding carboxylic acids is 1. The molecule has 1 amide bonds. The van der Waals surface area contributed by atoms with E-state index in [1.165, 1.54) is 12.2 Å². The van der Waals surface area contributed by atoms with Crippen molar-refractivity contribution in [3.05, 3.63) is 42.0 Å². The van der Waals surface area contributed by atoms with E-state index in [-0.39, 0.29) is 5.91 Å². The highest BCUT2D eigenvalue weighted by atomic mass is 16.7. The molecule has 0 saturated heterocycles. The third-order valence-corrected chi connectivity index (χ3v) is 3.29. The van der Waals surface area contributed by atoms with E-state index < -0.39 is 5.41 Å². The fourth-order valence-corrected chi connectivity index (χ4v) is 1.87. The molecule has 1 aromatic carbocycles. The molecule has 5 heteroatoms. The van der Waals surface area contributed by atoms with Crippen LogP contribution in [0.3, 0.4) is 0 Å². The molecule has 0 N–H and O–H groups in total. The van der Waals surface area contributed by atoms with E-state index in [0.29, 0.717) is 13.2 Å². The Morgan fingerprint density at radius 1 is 1.23 bits per heavy atom. The topological polar surface area (TPSA) is 48.0 Å². The Bertz CT molecular complexity index is 494. The minimum atomic E-state index is -0.631. The Morgan fingerprint density at radius 3 is 2.41 bits per heavy atom. The van der Waals surface area contributed by atoms with Gasteiger partial charge in [0.15, 0.2) is 0 Å². The van der Waals surface area contributed by atoms with E-state index >= 15 is 0 Å². The van der Waals surface area contributed by atoms with Crippen molar-refractivity contribution in [1.82, 2.24) is 5.06 Å². The first kappa shape index (κ1) is 18.2. The molecule has 0 aromatic heterocycles. The molecule has 0 aliphatic carbocycles. The van der Waals surface area contributed by atoms with Crippen molar-refractivity contribution in [2.24, 2.45) is 5.41 Å². The van der Waals surface area contributed by atoms with Crippen LogP contribution in [-0.4, -0.2) is 38.8 Å². The average Bonchev–Trinajstić information content (AvgIpc) is 2.53. The Hall–Kier alpha value is -1.85. The molecule has 1 rings (SSSR count). The van der Waals surface area contributed by atoms with E-state index in [0.717, 1.165) is 11.3 Å². The van der Waals surface area contributed by atoms with Crippen LogP contribution in [0.25, 0.3) is 0 Å². The highest BCUT2D eigenvalue weighted by Crippen LogP contribution is 2.20. The molecule has 0 radical (unpaired) electrons. The molecule has 0 fully saturated rings. The first-order chi connectivity index (χ1) is 10.4. The van der Waals surface area contributed by atoms with E-state index in [9.17, 15) is 4.79 Å². The predicted octanol–water partition coefficient (Wildman–Crippen LogP) is 2.81. The van der Waals surface area contributed by atoms with Gasteiger partial charge in [-0.05, 0) is 31.5 Å². The minimum Gasteiger partial charge on any atom is -0.497 e. The van der Waals surface area contributed by atoms with Gasteiger partial charge in [0.1, 0.15) is 5.75 Å². The molecule has 5 nitrogen and oxygen atoms in total. The molecular formula is C17H25NO4. The van der Waals surface area contributed by atoms with E-state index in [2.05, 4.69) is 0 Å². The van der Waals surface area contributed by atoms with Crippen LogP contribution in [0.4, 0.5) is 0 Å². The molecular weight excluding hydrogens is 282 g/mol. The third-order valence-electron chi connectivity index (χ3n) is 3.29. The second-order valence-electron chi connectivity index (χ2n) is 5.47. The quantitative estimate of drug-likeness (QED) is 0.421. The van der Waals surface area contributed by atoms with Crippen LogP contribution >= 0.6 is 0 Å². The van der Waals surface area contributed by atoms with Gasteiger partial charge in [0.25, 0.3) is 5.91 Å². The molecule has 0 saturated carbocycles. The fourth-order valence-electron chi connectivity index (χ4n) is 1.87. The van der Waals surface area contributed by atoms with Crippen LogP contribution in [0.1, 0.15) is 19.4 Å². The highest BCUT2D eigenvalue weighted by molar-refractivity contribution is 5.82. The van der Waals surface area contributed by atoms with Crippen molar-refractivity contribution in [1.29, 1.82) is 0 Å². The lowest BCUT2D eigenvalue weighted by molar-refractivity contribution is -0.176. The van der Waals surface area contributed by atoms with Gasteiger partial charge in [0.2, 0.25) is 0 Å². The van der Waals surface area contributed by atoms with Crippen LogP contribution in [0.15, 0.2) is 36.4 Å². The van der Waals surface area contributed by atoms with Gasteiger partial charge in [0.05, 0.1) is 32.8 Å². The lowest BCUT2D eigenvalue weighted by atomic mass is 9.92. The molecule has 0 atom stereocenters. The second-order valence-corrected chi connectivity index (χ2v) is 5.47. The average molecular weight is 307 g/mol. The van der Waals surface area contributed by atoms with Crippen LogP contribution in [0.5, 0.6) is 5.75 Å². The summed E-state index contributed by atoms with van der Waals surface area (Å²) < 4.78 is 10.7. The summed E-state index contributed by atoms with van der Waals surface area (Å²) in [5.41, 5.74) is 0.442. The smallest absolute Gasteiger partial charge is 0.255 e. The molecule has 0 aliphatic rings. The zero-order chi connectivity index (χ0) is 16.6. The molecule has 0 spiro atoms. The van der Waals surface area contributed by atoms with Gasteiger partial charge in [-0.3, -0.25) is 9.63 Å². The number of hydrogen-bond acceptors (Lipinski definition) is 4. The van der Waals surface area contributed by atoms with Gasteiger partial charge in [-0.25, -0.2) is 5.06 Å². The van der Waals surface area contributed by atoms with Gasteiger partial charge < -0.3 is 9.47 Å². The number of ether oxygens (including phenoxy) is 2. The summed E-state index contributed by atoms with van der Waals surface area (Å²) in [5, 5.41) is 1.22. The van der Waals surface area contributed by atoms with Crippen molar-refractivity contribution in [3.63, 3.8) is 0 Å². The van der Waals surface area contributed by atoms with Crippen molar-refractivity contribution in [3.8, 4) is 5.75 Å². The molecule has 0 bridgehead atoms. The zero-order valence-electron chi connectivity index (χ0n) is 14.0. The molecule has 0 heterocycles.